The molecule has 0 aromatic rings. The maximum absolute atomic E-state index is 13.4. The second-order valence-electron chi connectivity index (χ2n) is 5.85. The Kier molecular flexibility index (Phi) is 23.0. The molecule has 1 aliphatic rings. The van der Waals surface area contributed by atoms with Gasteiger partial charge in [-0.05, 0) is 24.7 Å². The van der Waals surface area contributed by atoms with Crippen molar-refractivity contribution in [3.05, 3.63) is 0 Å². The van der Waals surface area contributed by atoms with Gasteiger partial charge in [0.15, 0.2) is 0 Å². The highest BCUT2D eigenvalue weighted by Gasteiger charge is 2.30. The molecule has 0 amide bonds. The van der Waals surface area contributed by atoms with Crippen LogP contribution in [0.3, 0.4) is 0 Å². The van der Waals surface area contributed by atoms with Gasteiger partial charge in [0, 0.05) is 25.7 Å². The zero-order chi connectivity index (χ0) is 18.0. The summed E-state index contributed by atoms with van der Waals surface area (Å²) < 4.78 is 13.4. The van der Waals surface area contributed by atoms with Crippen molar-refractivity contribution in [3.63, 3.8) is 0 Å². The summed E-state index contributed by atoms with van der Waals surface area (Å²) in [7, 11) is 0. The van der Waals surface area contributed by atoms with Crippen LogP contribution in [0.4, 0.5) is 4.48 Å². The first kappa shape index (κ1) is 26.7. The maximum Gasteiger partial charge on any atom is 0.0305 e. The molecule has 1 saturated heterocycles. The van der Waals surface area contributed by atoms with E-state index in [1.54, 1.807) is 0 Å². The molecule has 138 valence electrons. The molecule has 1 rings (SSSR count). The van der Waals surface area contributed by atoms with E-state index in [1.807, 2.05) is 41.5 Å². The fourth-order valence-electron chi connectivity index (χ4n) is 2.38. The second-order valence-corrected chi connectivity index (χ2v) is 5.85. The molecule has 22 heavy (non-hydrogen) atoms. The highest BCUT2D eigenvalue weighted by atomic mass is 19.2. The average molecular weight is 321 g/mol. The predicted octanol–water partition coefficient (Wildman–Crippen LogP) is 6.22. The third-order valence-electron chi connectivity index (χ3n) is 3.39. The van der Waals surface area contributed by atoms with Crippen LogP contribution in [-0.2, 0) is 0 Å². The molecule has 0 aromatic carbocycles. The van der Waals surface area contributed by atoms with Crippen molar-refractivity contribution in [2.75, 3.05) is 19.6 Å². The van der Waals surface area contributed by atoms with Crippen molar-refractivity contribution in [3.8, 4) is 0 Å². The summed E-state index contributed by atoms with van der Waals surface area (Å²) in [6.45, 7) is 20.9. The lowest BCUT2D eigenvalue weighted by molar-refractivity contribution is 0.0199. The predicted molar refractivity (Wildman–Crippen MR) is 101 cm³/mol. The van der Waals surface area contributed by atoms with Gasteiger partial charge in [-0.25, -0.2) is 0 Å². The van der Waals surface area contributed by atoms with Crippen LogP contribution in [0.15, 0.2) is 0 Å². The molecular formula is C19H45FN2. The molecule has 2 nitrogen and oxygen atoms in total. The van der Waals surface area contributed by atoms with Crippen LogP contribution < -0.4 is 5.32 Å². The maximum atomic E-state index is 13.4. The zero-order valence-corrected chi connectivity index (χ0v) is 17.1. The molecule has 0 aliphatic carbocycles. The lowest BCUT2D eigenvalue weighted by atomic mass is 9.90. The molecule has 1 fully saturated rings. The lowest BCUT2D eigenvalue weighted by Gasteiger charge is -2.17. The molecule has 0 aromatic heterocycles. The molecule has 1 heterocycles. The average Bonchev–Trinajstić information content (AvgIpc) is 2.91. The van der Waals surface area contributed by atoms with Crippen molar-refractivity contribution in [2.24, 2.45) is 5.41 Å². The van der Waals surface area contributed by atoms with Crippen molar-refractivity contribution < 1.29 is 4.48 Å². The van der Waals surface area contributed by atoms with Gasteiger partial charge < -0.3 is 5.32 Å². The third kappa shape index (κ3) is 16.2. The van der Waals surface area contributed by atoms with E-state index in [2.05, 4.69) is 26.1 Å². The molecule has 1 aliphatic heterocycles. The van der Waals surface area contributed by atoms with E-state index < -0.39 is 0 Å². The summed E-state index contributed by atoms with van der Waals surface area (Å²) in [5, 5.41) is 4.46. The van der Waals surface area contributed by atoms with Crippen LogP contribution in [0, 0.1) is 5.41 Å². The van der Waals surface area contributed by atoms with Gasteiger partial charge in [-0.2, -0.15) is 0 Å². The van der Waals surface area contributed by atoms with E-state index >= 15 is 0 Å². The van der Waals surface area contributed by atoms with Gasteiger partial charge in [0.1, 0.15) is 0 Å². The molecule has 1 atom stereocenters. The van der Waals surface area contributed by atoms with Crippen LogP contribution in [0.5, 0.6) is 0 Å². The number of rotatable bonds is 7. The minimum absolute atomic E-state index is 0.397. The second kappa shape index (κ2) is 18.9. The first-order valence-corrected chi connectivity index (χ1v) is 9.67. The van der Waals surface area contributed by atoms with Gasteiger partial charge in [0.25, 0.3) is 0 Å². The van der Waals surface area contributed by atoms with Crippen LogP contribution in [0.2, 0.25) is 0 Å². The number of halogens is 1. The third-order valence-corrected chi connectivity index (χ3v) is 3.39. The van der Waals surface area contributed by atoms with E-state index in [0.717, 1.165) is 37.4 Å². The highest BCUT2D eigenvalue weighted by Crippen LogP contribution is 2.28. The number of nitrogens with one attached hydrogen (secondary N) is 1. The van der Waals surface area contributed by atoms with E-state index in [-0.39, 0.29) is 0 Å². The van der Waals surface area contributed by atoms with Gasteiger partial charge in [-0.1, -0.05) is 75.2 Å². The molecule has 0 bridgehead atoms. The molecule has 3 heteroatoms. The molecule has 1 unspecified atom stereocenters. The van der Waals surface area contributed by atoms with Crippen LogP contribution in [0.1, 0.15) is 94.4 Å². The zero-order valence-electron chi connectivity index (χ0n) is 17.1. The topological polar surface area (TPSA) is 15.3 Å². The number of hydrogen-bond donors (Lipinski definition) is 1. The molecule has 0 spiro atoms. The summed E-state index contributed by atoms with van der Waals surface area (Å²) >= 11 is 0. The SMILES string of the molecule is CC.CC.CC.CCCCCN(F)CCC1CC(C)(C)CN1. The molecule has 0 radical (unpaired) electrons. The van der Waals surface area contributed by atoms with Gasteiger partial charge in [0.05, 0.1) is 0 Å². The first-order chi connectivity index (χ1) is 10.5. The minimum Gasteiger partial charge on any atom is -0.313 e. The monoisotopic (exact) mass is 320 g/mol. The van der Waals surface area contributed by atoms with Crippen molar-refractivity contribution in [1.29, 1.82) is 0 Å². The Morgan fingerprint density at radius 1 is 1.00 bits per heavy atom. The van der Waals surface area contributed by atoms with Gasteiger partial charge in [-0.3, -0.25) is 0 Å². The van der Waals surface area contributed by atoms with Crippen LogP contribution >= 0.6 is 0 Å². The van der Waals surface area contributed by atoms with Crippen molar-refractivity contribution in [1.82, 2.24) is 10.4 Å². The highest BCUT2D eigenvalue weighted by molar-refractivity contribution is 4.87. The summed E-state index contributed by atoms with van der Waals surface area (Å²) in [4.78, 5) is 0. The van der Waals surface area contributed by atoms with Gasteiger partial charge >= 0.3 is 0 Å². The normalized spacial score (nSPS) is 18.4. The summed E-state index contributed by atoms with van der Waals surface area (Å²) in [5.74, 6) is 0. The minimum atomic E-state index is 0.397. The van der Waals surface area contributed by atoms with Gasteiger partial charge in [-0.15, -0.1) is 9.60 Å². The fraction of sp³-hybridized carbons (Fsp3) is 1.00. The Labute approximate surface area is 141 Å². The van der Waals surface area contributed by atoms with Crippen LogP contribution in [-0.4, -0.2) is 30.8 Å². The van der Waals surface area contributed by atoms with Gasteiger partial charge in [0.2, 0.25) is 0 Å². The summed E-state index contributed by atoms with van der Waals surface area (Å²) in [6.07, 6.45) is 5.39. The fourth-order valence-corrected chi connectivity index (χ4v) is 2.38. The standard InChI is InChI=1S/C13H27FN2.3C2H6/c1-4-5-6-8-16(14)9-7-12-10-13(2,3)11-15-12;3*1-2/h12,15H,4-11H2,1-3H3;3*1-2H3. The molecular weight excluding hydrogens is 275 g/mol. The van der Waals surface area contributed by atoms with E-state index in [0.29, 0.717) is 24.5 Å². The Bertz CT molecular complexity index is 196. The van der Waals surface area contributed by atoms with Crippen LogP contribution in [0.25, 0.3) is 0 Å². The Morgan fingerprint density at radius 3 is 1.95 bits per heavy atom. The summed E-state index contributed by atoms with van der Waals surface area (Å²) in [6, 6.07) is 0.513. The van der Waals surface area contributed by atoms with Crippen molar-refractivity contribution in [2.45, 2.75) is 100 Å². The van der Waals surface area contributed by atoms with E-state index in [4.69, 9.17) is 0 Å². The number of unbranched alkanes of at least 4 members (excludes halogenated alkanes) is 2. The lowest BCUT2D eigenvalue weighted by Crippen LogP contribution is -2.27. The summed E-state index contributed by atoms with van der Waals surface area (Å²) in [5.41, 5.74) is 0.397. The van der Waals surface area contributed by atoms with E-state index in [9.17, 15) is 4.48 Å². The molecule has 0 saturated carbocycles. The Hall–Kier alpha value is -0.150. The molecule has 1 N–H and O–H groups in total. The number of nitrogens with zero attached hydrogens (tertiary/aromatic N) is 1. The van der Waals surface area contributed by atoms with Crippen molar-refractivity contribution >= 4 is 0 Å². The Balaban J connectivity index is -0.000000535. The first-order valence-electron chi connectivity index (χ1n) is 9.67. The number of hydrogen-bond acceptors (Lipinski definition) is 2. The van der Waals surface area contributed by atoms with E-state index in [1.165, 1.54) is 6.42 Å². The largest absolute Gasteiger partial charge is 0.313 e. The smallest absolute Gasteiger partial charge is 0.0305 e. The Morgan fingerprint density at radius 2 is 1.55 bits per heavy atom. The quantitative estimate of drug-likeness (QED) is 0.442.